The highest BCUT2D eigenvalue weighted by molar-refractivity contribution is 7.89. The summed E-state index contributed by atoms with van der Waals surface area (Å²) in [7, 11) is -3.63. The van der Waals surface area contributed by atoms with Crippen molar-refractivity contribution in [2.75, 3.05) is 32.8 Å². The van der Waals surface area contributed by atoms with Gasteiger partial charge in [0.25, 0.3) is 0 Å². The molecule has 1 aliphatic heterocycles. The van der Waals surface area contributed by atoms with Crippen molar-refractivity contribution in [2.45, 2.75) is 50.5 Å². The smallest absolute Gasteiger partial charge is 0.245 e. The van der Waals surface area contributed by atoms with Crippen LogP contribution >= 0.6 is 0 Å². The van der Waals surface area contributed by atoms with Gasteiger partial charge in [-0.25, -0.2) is 8.42 Å². The minimum absolute atomic E-state index is 0.102. The lowest BCUT2D eigenvalue weighted by molar-refractivity contribution is -0.138. The van der Waals surface area contributed by atoms with Crippen LogP contribution in [0.1, 0.15) is 39.5 Å². The van der Waals surface area contributed by atoms with Crippen LogP contribution in [0.5, 0.6) is 5.75 Å². The Morgan fingerprint density at radius 1 is 1.10 bits per heavy atom. The summed E-state index contributed by atoms with van der Waals surface area (Å²) in [5.41, 5.74) is 0. The average Bonchev–Trinajstić information content (AvgIpc) is 3.27. The summed E-state index contributed by atoms with van der Waals surface area (Å²) in [6, 6.07) is 5.88. The van der Waals surface area contributed by atoms with E-state index < -0.39 is 16.1 Å². The first-order chi connectivity index (χ1) is 14.3. The van der Waals surface area contributed by atoms with Crippen LogP contribution in [0.2, 0.25) is 0 Å². The van der Waals surface area contributed by atoms with Gasteiger partial charge in [-0.05, 0) is 49.9 Å². The second-order valence-corrected chi connectivity index (χ2v) is 9.79. The van der Waals surface area contributed by atoms with Crippen molar-refractivity contribution in [3.05, 3.63) is 24.3 Å². The molecular weight excluding hydrogens is 406 g/mol. The molecule has 1 heterocycles. The molecule has 1 aromatic carbocycles. The van der Waals surface area contributed by atoms with Gasteiger partial charge in [0.05, 0.1) is 11.5 Å². The number of sulfonamides is 1. The molecule has 166 valence electrons. The van der Waals surface area contributed by atoms with Gasteiger partial charge in [0, 0.05) is 33.1 Å². The third-order valence-corrected chi connectivity index (χ3v) is 7.73. The van der Waals surface area contributed by atoms with Gasteiger partial charge in [-0.1, -0.05) is 12.8 Å². The zero-order valence-corrected chi connectivity index (χ0v) is 18.5. The number of carbonyl (C=O) groups excluding carboxylic acids is 2. The number of nitrogens with zero attached hydrogens (tertiary/aromatic N) is 2. The van der Waals surface area contributed by atoms with Gasteiger partial charge in [-0.3, -0.25) is 9.59 Å². The van der Waals surface area contributed by atoms with E-state index in [2.05, 4.69) is 5.32 Å². The number of amides is 2. The Bertz CT molecular complexity index is 842. The highest BCUT2D eigenvalue weighted by Gasteiger charge is 2.37. The van der Waals surface area contributed by atoms with Crippen molar-refractivity contribution in [3.8, 4) is 5.75 Å². The largest absolute Gasteiger partial charge is 0.494 e. The van der Waals surface area contributed by atoms with Crippen LogP contribution < -0.4 is 10.1 Å². The van der Waals surface area contributed by atoms with Crippen molar-refractivity contribution in [3.63, 3.8) is 0 Å². The molecule has 1 aliphatic carbocycles. The minimum Gasteiger partial charge on any atom is -0.494 e. The molecule has 1 atom stereocenters. The van der Waals surface area contributed by atoms with Crippen LogP contribution in [0.15, 0.2) is 29.2 Å². The number of ether oxygens (including phenoxy) is 1. The maximum Gasteiger partial charge on any atom is 0.245 e. The molecule has 2 fully saturated rings. The predicted molar refractivity (Wildman–Crippen MR) is 113 cm³/mol. The predicted octanol–water partition coefficient (Wildman–Crippen LogP) is 1.61. The number of nitrogens with one attached hydrogen (secondary N) is 1. The molecule has 0 bridgehead atoms. The van der Waals surface area contributed by atoms with Crippen LogP contribution in [0.25, 0.3) is 0 Å². The molecule has 1 saturated heterocycles. The Kier molecular flexibility index (Phi) is 7.36. The normalized spacial score (nSPS) is 19.5. The van der Waals surface area contributed by atoms with E-state index in [9.17, 15) is 18.0 Å². The molecule has 3 rings (SSSR count). The van der Waals surface area contributed by atoms with Crippen LogP contribution in [0.3, 0.4) is 0 Å². The summed E-state index contributed by atoms with van der Waals surface area (Å²) in [5.74, 6) is 0.474. The molecule has 0 aromatic heterocycles. The average molecular weight is 438 g/mol. The number of piperazine rings is 1. The standard InChI is InChI=1S/C21H31N3O5S/c1-3-29-18-8-10-19(11-9-18)30(27,28)24-14-12-23(13-15-24)21(26)20(22-16(2)25)17-6-4-5-7-17/h8-11,17,20H,3-7,12-15H2,1-2H3,(H,22,25). The number of hydrogen-bond donors (Lipinski definition) is 1. The molecule has 1 N–H and O–H groups in total. The van der Waals surface area contributed by atoms with Gasteiger partial charge in [0.1, 0.15) is 11.8 Å². The molecule has 0 spiro atoms. The number of hydrogen-bond acceptors (Lipinski definition) is 5. The Labute approximate surface area is 178 Å². The first-order valence-corrected chi connectivity index (χ1v) is 12.1. The SMILES string of the molecule is CCOc1ccc(S(=O)(=O)N2CCN(C(=O)C(NC(C)=O)C3CCCC3)CC2)cc1. The third-order valence-electron chi connectivity index (χ3n) is 5.82. The van der Waals surface area contributed by atoms with Crippen LogP contribution in [-0.4, -0.2) is 68.3 Å². The molecular formula is C21H31N3O5S. The molecule has 1 aromatic rings. The second kappa shape index (κ2) is 9.78. The van der Waals surface area contributed by atoms with E-state index >= 15 is 0 Å². The zero-order chi connectivity index (χ0) is 21.7. The van der Waals surface area contributed by atoms with E-state index in [0.717, 1.165) is 25.7 Å². The third kappa shape index (κ3) is 5.13. The Morgan fingerprint density at radius 2 is 1.70 bits per heavy atom. The lowest BCUT2D eigenvalue weighted by Gasteiger charge is -2.37. The number of rotatable bonds is 7. The maximum atomic E-state index is 13.1. The van der Waals surface area contributed by atoms with E-state index in [0.29, 0.717) is 25.4 Å². The van der Waals surface area contributed by atoms with Crippen molar-refractivity contribution >= 4 is 21.8 Å². The molecule has 1 unspecified atom stereocenters. The van der Waals surface area contributed by atoms with Crippen molar-refractivity contribution in [1.82, 2.24) is 14.5 Å². The molecule has 8 nitrogen and oxygen atoms in total. The van der Waals surface area contributed by atoms with Crippen molar-refractivity contribution in [2.24, 2.45) is 5.92 Å². The summed E-state index contributed by atoms with van der Waals surface area (Å²) < 4.78 is 32.7. The van der Waals surface area contributed by atoms with E-state index in [-0.39, 0.29) is 35.7 Å². The van der Waals surface area contributed by atoms with E-state index in [1.54, 1.807) is 29.2 Å². The van der Waals surface area contributed by atoms with Crippen LogP contribution in [0, 0.1) is 5.92 Å². The Balaban J connectivity index is 1.63. The number of benzene rings is 1. The number of carbonyl (C=O) groups is 2. The molecule has 2 aliphatic rings. The molecule has 9 heteroatoms. The molecule has 2 amide bonds. The summed E-state index contributed by atoms with van der Waals surface area (Å²) in [5, 5.41) is 2.83. The van der Waals surface area contributed by atoms with Gasteiger partial charge in [0.15, 0.2) is 0 Å². The molecule has 0 radical (unpaired) electrons. The van der Waals surface area contributed by atoms with E-state index in [1.807, 2.05) is 6.92 Å². The highest BCUT2D eigenvalue weighted by Crippen LogP contribution is 2.29. The lowest BCUT2D eigenvalue weighted by atomic mass is 9.96. The van der Waals surface area contributed by atoms with Gasteiger partial charge in [-0.15, -0.1) is 0 Å². The summed E-state index contributed by atoms with van der Waals surface area (Å²) in [6.07, 6.45) is 4.01. The fourth-order valence-corrected chi connectivity index (χ4v) is 5.68. The molecule has 1 saturated carbocycles. The fourth-order valence-electron chi connectivity index (χ4n) is 4.26. The first-order valence-electron chi connectivity index (χ1n) is 10.6. The van der Waals surface area contributed by atoms with E-state index in [4.69, 9.17) is 4.74 Å². The highest BCUT2D eigenvalue weighted by atomic mass is 32.2. The van der Waals surface area contributed by atoms with Crippen molar-refractivity contribution < 1.29 is 22.7 Å². The van der Waals surface area contributed by atoms with Gasteiger partial charge in [0.2, 0.25) is 21.8 Å². The fraction of sp³-hybridized carbons (Fsp3) is 0.619. The summed E-state index contributed by atoms with van der Waals surface area (Å²) >= 11 is 0. The van der Waals surface area contributed by atoms with Gasteiger partial charge >= 0.3 is 0 Å². The monoisotopic (exact) mass is 437 g/mol. The summed E-state index contributed by atoms with van der Waals surface area (Å²) in [4.78, 5) is 26.6. The topological polar surface area (TPSA) is 96.0 Å². The zero-order valence-electron chi connectivity index (χ0n) is 17.7. The minimum atomic E-state index is -3.63. The lowest BCUT2D eigenvalue weighted by Crippen LogP contribution is -2.57. The van der Waals surface area contributed by atoms with Crippen LogP contribution in [-0.2, 0) is 19.6 Å². The first kappa shape index (κ1) is 22.6. The van der Waals surface area contributed by atoms with Gasteiger partial charge in [-0.2, -0.15) is 4.31 Å². The quantitative estimate of drug-likeness (QED) is 0.699. The van der Waals surface area contributed by atoms with Gasteiger partial charge < -0.3 is 15.0 Å². The molecule has 30 heavy (non-hydrogen) atoms. The Morgan fingerprint density at radius 3 is 2.23 bits per heavy atom. The Hall–Kier alpha value is -2.13. The van der Waals surface area contributed by atoms with E-state index in [1.165, 1.54) is 11.2 Å². The maximum absolute atomic E-state index is 13.1. The van der Waals surface area contributed by atoms with Crippen molar-refractivity contribution in [1.29, 1.82) is 0 Å². The summed E-state index contributed by atoms with van der Waals surface area (Å²) in [6.45, 7) is 4.92. The van der Waals surface area contributed by atoms with Crippen LogP contribution in [0.4, 0.5) is 0 Å². The second-order valence-electron chi connectivity index (χ2n) is 7.86.